The van der Waals surface area contributed by atoms with E-state index in [0.29, 0.717) is 0 Å². The summed E-state index contributed by atoms with van der Waals surface area (Å²) in [6, 6.07) is 6.48. The molecule has 0 saturated heterocycles. The summed E-state index contributed by atoms with van der Waals surface area (Å²) in [4.78, 5) is 7.91. The number of aromatic nitrogens is 6. The summed E-state index contributed by atoms with van der Waals surface area (Å²) in [7, 11) is 0. The van der Waals surface area contributed by atoms with Gasteiger partial charge in [-0.25, -0.2) is 19.3 Å². The first-order valence-corrected chi connectivity index (χ1v) is 6.04. The molecule has 0 unspecified atom stereocenters. The lowest BCUT2D eigenvalue weighted by molar-refractivity contribution is 0.671. The third-order valence-corrected chi connectivity index (χ3v) is 2.82. The number of hydrogen-bond acceptors (Lipinski definition) is 4. The first-order chi connectivity index (χ1) is 9.29. The van der Waals surface area contributed by atoms with Crippen molar-refractivity contribution < 1.29 is 0 Å². The van der Waals surface area contributed by atoms with Crippen molar-refractivity contribution in [2.75, 3.05) is 0 Å². The van der Waals surface area contributed by atoms with Crippen LogP contribution in [0.25, 0.3) is 0 Å². The van der Waals surface area contributed by atoms with Crippen LogP contribution in [0.1, 0.15) is 16.7 Å². The Morgan fingerprint density at radius 1 is 0.842 bits per heavy atom. The third-order valence-electron chi connectivity index (χ3n) is 2.82. The van der Waals surface area contributed by atoms with E-state index < -0.39 is 0 Å². The smallest absolute Gasteiger partial charge is 0.137 e. The summed E-state index contributed by atoms with van der Waals surface area (Å²) < 4.78 is 3.63. The molecule has 6 heteroatoms. The van der Waals surface area contributed by atoms with Gasteiger partial charge >= 0.3 is 0 Å². The molecule has 3 rings (SSSR count). The molecule has 3 aromatic rings. The Balaban J connectivity index is 1.83. The topological polar surface area (TPSA) is 61.4 Å². The molecule has 0 aliphatic rings. The Labute approximate surface area is 110 Å². The lowest BCUT2D eigenvalue weighted by Gasteiger charge is -2.08. The lowest BCUT2D eigenvalue weighted by Crippen LogP contribution is -2.04. The van der Waals surface area contributed by atoms with Gasteiger partial charge in [0, 0.05) is 0 Å². The molecule has 0 aliphatic heterocycles. The van der Waals surface area contributed by atoms with E-state index in [4.69, 9.17) is 0 Å². The van der Waals surface area contributed by atoms with Gasteiger partial charge in [0.1, 0.15) is 25.3 Å². The van der Waals surface area contributed by atoms with E-state index in [1.165, 1.54) is 16.7 Å². The zero-order chi connectivity index (χ0) is 13.1. The van der Waals surface area contributed by atoms with E-state index in [1.807, 2.05) is 9.36 Å². The highest BCUT2D eigenvalue weighted by atomic mass is 15.3. The highest BCUT2D eigenvalue weighted by Crippen LogP contribution is 2.12. The maximum Gasteiger partial charge on any atom is 0.137 e. The highest BCUT2D eigenvalue weighted by Gasteiger charge is 2.02. The van der Waals surface area contributed by atoms with Gasteiger partial charge in [0.05, 0.1) is 13.1 Å². The predicted octanol–water partition coefficient (Wildman–Crippen LogP) is 1.27. The van der Waals surface area contributed by atoms with E-state index in [0.717, 1.165) is 13.1 Å². The van der Waals surface area contributed by atoms with Gasteiger partial charge < -0.3 is 0 Å². The molecule has 96 valence electrons. The third kappa shape index (κ3) is 2.85. The monoisotopic (exact) mass is 254 g/mol. The van der Waals surface area contributed by atoms with Gasteiger partial charge in [0.25, 0.3) is 0 Å². The summed E-state index contributed by atoms with van der Waals surface area (Å²) in [5.74, 6) is 0. The van der Waals surface area contributed by atoms with E-state index >= 15 is 0 Å². The van der Waals surface area contributed by atoms with Crippen LogP contribution in [0.3, 0.4) is 0 Å². The summed E-state index contributed by atoms with van der Waals surface area (Å²) in [6.45, 7) is 3.55. The van der Waals surface area contributed by atoms with Crippen molar-refractivity contribution >= 4 is 0 Å². The normalized spacial score (nSPS) is 10.8. The van der Waals surface area contributed by atoms with Crippen molar-refractivity contribution in [1.82, 2.24) is 29.5 Å². The summed E-state index contributed by atoms with van der Waals surface area (Å²) in [5.41, 5.74) is 3.65. The largest absolute Gasteiger partial charge is 0.249 e. The average Bonchev–Trinajstić information content (AvgIpc) is 3.01. The van der Waals surface area contributed by atoms with Crippen molar-refractivity contribution in [3.8, 4) is 0 Å². The van der Waals surface area contributed by atoms with Crippen LogP contribution in [0, 0.1) is 6.92 Å². The zero-order valence-electron chi connectivity index (χ0n) is 10.6. The molecule has 0 spiro atoms. The predicted molar refractivity (Wildman–Crippen MR) is 69.4 cm³/mol. The van der Waals surface area contributed by atoms with Crippen LogP contribution in [0.15, 0.2) is 43.5 Å². The molecule has 0 N–H and O–H groups in total. The highest BCUT2D eigenvalue weighted by molar-refractivity contribution is 5.29. The van der Waals surface area contributed by atoms with E-state index in [2.05, 4.69) is 45.3 Å². The SMILES string of the molecule is Cc1cc(Cn2cncn2)cc(Cn2cncn2)c1. The number of rotatable bonds is 4. The Morgan fingerprint density at radius 3 is 1.79 bits per heavy atom. The van der Waals surface area contributed by atoms with E-state index in [1.54, 1.807) is 25.3 Å². The van der Waals surface area contributed by atoms with Crippen molar-refractivity contribution in [3.63, 3.8) is 0 Å². The maximum atomic E-state index is 4.12. The first-order valence-electron chi connectivity index (χ1n) is 6.04. The Hall–Kier alpha value is -2.50. The molecule has 2 aromatic heterocycles. The van der Waals surface area contributed by atoms with E-state index in [-0.39, 0.29) is 0 Å². The molecule has 6 nitrogen and oxygen atoms in total. The number of benzene rings is 1. The molecule has 0 atom stereocenters. The summed E-state index contributed by atoms with van der Waals surface area (Å²) >= 11 is 0. The standard InChI is InChI=1S/C13H14N6/c1-11-2-12(5-18-9-14-7-16-18)4-13(3-11)6-19-10-15-8-17-19/h2-4,7-10H,5-6H2,1H3. The van der Waals surface area contributed by atoms with Gasteiger partial charge in [-0.15, -0.1) is 0 Å². The molecule has 1 aromatic carbocycles. The summed E-state index contributed by atoms with van der Waals surface area (Å²) in [6.07, 6.45) is 6.54. The molecule has 0 aliphatic carbocycles. The minimum atomic E-state index is 0.728. The van der Waals surface area contributed by atoms with Crippen LogP contribution in [0.5, 0.6) is 0 Å². The van der Waals surface area contributed by atoms with Crippen LogP contribution in [-0.4, -0.2) is 29.5 Å². The second-order valence-electron chi connectivity index (χ2n) is 4.51. The van der Waals surface area contributed by atoms with Gasteiger partial charge in [-0.1, -0.05) is 23.8 Å². The minimum Gasteiger partial charge on any atom is -0.249 e. The van der Waals surface area contributed by atoms with E-state index in [9.17, 15) is 0 Å². The average molecular weight is 254 g/mol. The molecule has 2 heterocycles. The molecule has 0 bridgehead atoms. The molecular weight excluding hydrogens is 240 g/mol. The van der Waals surface area contributed by atoms with Crippen molar-refractivity contribution in [2.24, 2.45) is 0 Å². The van der Waals surface area contributed by atoms with Crippen LogP contribution in [-0.2, 0) is 13.1 Å². The van der Waals surface area contributed by atoms with Gasteiger partial charge in [0.15, 0.2) is 0 Å². The van der Waals surface area contributed by atoms with Crippen molar-refractivity contribution in [3.05, 3.63) is 60.2 Å². The van der Waals surface area contributed by atoms with Crippen molar-refractivity contribution in [2.45, 2.75) is 20.0 Å². The Bertz CT molecular complexity index is 587. The fraction of sp³-hybridized carbons (Fsp3) is 0.231. The second kappa shape index (κ2) is 5.01. The molecule has 0 fully saturated rings. The Morgan fingerprint density at radius 2 is 1.37 bits per heavy atom. The van der Waals surface area contributed by atoms with Gasteiger partial charge in [0.2, 0.25) is 0 Å². The lowest BCUT2D eigenvalue weighted by atomic mass is 10.1. The maximum absolute atomic E-state index is 4.12. The fourth-order valence-corrected chi connectivity index (χ4v) is 2.13. The van der Waals surface area contributed by atoms with Crippen molar-refractivity contribution in [1.29, 1.82) is 0 Å². The van der Waals surface area contributed by atoms with Crippen LogP contribution in [0.4, 0.5) is 0 Å². The molecule has 0 saturated carbocycles. The van der Waals surface area contributed by atoms with Gasteiger partial charge in [-0.2, -0.15) is 10.2 Å². The zero-order valence-corrected chi connectivity index (χ0v) is 10.6. The first kappa shape index (κ1) is 11.6. The Kier molecular flexibility index (Phi) is 3.06. The second-order valence-corrected chi connectivity index (χ2v) is 4.51. The molecular formula is C13H14N6. The number of aryl methyl sites for hydroxylation is 1. The summed E-state index contributed by atoms with van der Waals surface area (Å²) in [5, 5.41) is 8.25. The molecule has 19 heavy (non-hydrogen) atoms. The number of nitrogens with zero attached hydrogens (tertiary/aromatic N) is 6. The molecule has 0 amide bonds. The number of hydrogen-bond donors (Lipinski definition) is 0. The van der Waals surface area contributed by atoms with Crippen LogP contribution in [0.2, 0.25) is 0 Å². The minimum absolute atomic E-state index is 0.728. The van der Waals surface area contributed by atoms with Gasteiger partial charge in [-0.3, -0.25) is 0 Å². The van der Waals surface area contributed by atoms with Crippen LogP contribution >= 0.6 is 0 Å². The quantitative estimate of drug-likeness (QED) is 0.703. The van der Waals surface area contributed by atoms with Crippen LogP contribution < -0.4 is 0 Å². The molecule has 0 radical (unpaired) electrons. The fourth-order valence-electron chi connectivity index (χ4n) is 2.13. The van der Waals surface area contributed by atoms with Gasteiger partial charge in [-0.05, 0) is 18.1 Å².